The lowest BCUT2D eigenvalue weighted by molar-refractivity contribution is -0.147. The van der Waals surface area contributed by atoms with Crippen LogP contribution in [0.15, 0.2) is 0 Å². The molecule has 5 heteroatoms. The molecule has 2 aliphatic heterocycles. The number of carboxylic acids is 1. The summed E-state index contributed by atoms with van der Waals surface area (Å²) < 4.78 is 0. The minimum atomic E-state index is -0.798. The molecule has 2 fully saturated rings. The standard InChI is InChI=1S/C14H24N2O3/c1-3-4-11-5-7-15(9-11)13(19)16-8-6-14(2,10-16)12(17)18/h11H,3-10H2,1-2H3,(H,17,18). The fraction of sp³-hybridized carbons (Fsp3) is 0.857. The number of likely N-dealkylation sites (tertiary alicyclic amines) is 2. The van der Waals surface area contributed by atoms with Crippen molar-refractivity contribution in [1.29, 1.82) is 0 Å². The molecule has 2 atom stereocenters. The van der Waals surface area contributed by atoms with E-state index in [2.05, 4.69) is 6.92 Å². The van der Waals surface area contributed by atoms with E-state index in [-0.39, 0.29) is 6.03 Å². The molecule has 2 heterocycles. The number of urea groups is 1. The topological polar surface area (TPSA) is 60.9 Å². The molecule has 0 radical (unpaired) electrons. The highest BCUT2D eigenvalue weighted by molar-refractivity contribution is 5.79. The molecule has 0 bridgehead atoms. The van der Waals surface area contributed by atoms with Gasteiger partial charge in [-0.3, -0.25) is 4.79 Å². The van der Waals surface area contributed by atoms with Crippen molar-refractivity contribution in [2.24, 2.45) is 11.3 Å². The molecule has 108 valence electrons. The van der Waals surface area contributed by atoms with Crippen LogP contribution in [0.2, 0.25) is 0 Å². The van der Waals surface area contributed by atoms with E-state index in [0.717, 1.165) is 25.9 Å². The Balaban J connectivity index is 1.90. The van der Waals surface area contributed by atoms with E-state index in [9.17, 15) is 14.7 Å². The van der Waals surface area contributed by atoms with Gasteiger partial charge in [0.15, 0.2) is 0 Å². The van der Waals surface area contributed by atoms with Crippen molar-refractivity contribution < 1.29 is 14.7 Å². The van der Waals surface area contributed by atoms with Gasteiger partial charge in [0.2, 0.25) is 0 Å². The number of hydrogen-bond donors (Lipinski definition) is 1. The zero-order chi connectivity index (χ0) is 14.0. The van der Waals surface area contributed by atoms with Gasteiger partial charge in [-0.05, 0) is 32.1 Å². The molecular weight excluding hydrogens is 244 g/mol. The Bertz CT molecular complexity index is 372. The summed E-state index contributed by atoms with van der Waals surface area (Å²) >= 11 is 0. The maximum absolute atomic E-state index is 12.4. The molecule has 0 spiro atoms. The molecule has 2 saturated heterocycles. The second-order valence-corrected chi connectivity index (χ2v) is 6.21. The number of hydrogen-bond acceptors (Lipinski definition) is 2. The monoisotopic (exact) mass is 268 g/mol. The van der Waals surface area contributed by atoms with Gasteiger partial charge < -0.3 is 14.9 Å². The van der Waals surface area contributed by atoms with Crippen molar-refractivity contribution in [3.8, 4) is 0 Å². The highest BCUT2D eigenvalue weighted by atomic mass is 16.4. The molecule has 0 aromatic rings. The molecule has 2 unspecified atom stereocenters. The number of carboxylic acid groups (broad SMARTS) is 1. The average Bonchev–Trinajstić information content (AvgIpc) is 2.97. The van der Waals surface area contributed by atoms with Crippen LogP contribution in [-0.4, -0.2) is 53.1 Å². The quantitative estimate of drug-likeness (QED) is 0.852. The van der Waals surface area contributed by atoms with Gasteiger partial charge in [0.25, 0.3) is 0 Å². The first kappa shape index (κ1) is 14.2. The van der Waals surface area contributed by atoms with Gasteiger partial charge in [-0.2, -0.15) is 0 Å². The third-order valence-electron chi connectivity index (χ3n) is 4.51. The van der Waals surface area contributed by atoms with Crippen LogP contribution in [0.4, 0.5) is 4.79 Å². The number of amides is 2. The van der Waals surface area contributed by atoms with Gasteiger partial charge >= 0.3 is 12.0 Å². The highest BCUT2D eigenvalue weighted by Crippen LogP contribution is 2.31. The molecule has 0 aromatic heterocycles. The molecule has 1 N–H and O–H groups in total. The third kappa shape index (κ3) is 2.85. The van der Waals surface area contributed by atoms with E-state index in [1.807, 2.05) is 4.90 Å². The lowest BCUT2D eigenvalue weighted by Crippen LogP contribution is -2.42. The van der Waals surface area contributed by atoms with Gasteiger partial charge in [-0.15, -0.1) is 0 Å². The van der Waals surface area contributed by atoms with Crippen molar-refractivity contribution in [3.05, 3.63) is 0 Å². The Labute approximate surface area is 114 Å². The average molecular weight is 268 g/mol. The molecule has 2 rings (SSSR count). The van der Waals surface area contributed by atoms with Gasteiger partial charge in [-0.25, -0.2) is 4.79 Å². The fourth-order valence-electron chi connectivity index (χ4n) is 3.15. The molecule has 2 amide bonds. The number of rotatable bonds is 3. The molecule has 0 aromatic carbocycles. The summed E-state index contributed by atoms with van der Waals surface area (Å²) in [5.41, 5.74) is -0.766. The Morgan fingerprint density at radius 3 is 2.63 bits per heavy atom. The van der Waals surface area contributed by atoms with Crippen LogP contribution in [0.25, 0.3) is 0 Å². The van der Waals surface area contributed by atoms with Gasteiger partial charge in [0, 0.05) is 26.2 Å². The zero-order valence-corrected chi connectivity index (χ0v) is 11.9. The smallest absolute Gasteiger partial charge is 0.320 e. The zero-order valence-electron chi connectivity index (χ0n) is 11.9. The van der Waals surface area contributed by atoms with Crippen LogP contribution in [0.1, 0.15) is 39.5 Å². The summed E-state index contributed by atoms with van der Waals surface area (Å²) in [6.07, 6.45) is 3.98. The van der Waals surface area contributed by atoms with E-state index >= 15 is 0 Å². The predicted octanol–water partition coefficient (Wildman–Crippen LogP) is 2.03. The molecule has 19 heavy (non-hydrogen) atoms. The van der Waals surface area contributed by atoms with E-state index < -0.39 is 11.4 Å². The molecule has 0 aliphatic carbocycles. The third-order valence-corrected chi connectivity index (χ3v) is 4.51. The summed E-state index contributed by atoms with van der Waals surface area (Å²) in [6.45, 7) is 6.47. The summed E-state index contributed by atoms with van der Waals surface area (Å²) in [6, 6.07) is 0.0311. The van der Waals surface area contributed by atoms with Crippen LogP contribution in [0.5, 0.6) is 0 Å². The molecular formula is C14H24N2O3. The second-order valence-electron chi connectivity index (χ2n) is 6.21. The summed E-state index contributed by atoms with van der Waals surface area (Å²) in [7, 11) is 0. The van der Waals surface area contributed by atoms with Crippen molar-refractivity contribution in [2.75, 3.05) is 26.2 Å². The van der Waals surface area contributed by atoms with Crippen LogP contribution < -0.4 is 0 Å². The minimum Gasteiger partial charge on any atom is -0.481 e. The normalized spacial score (nSPS) is 30.9. The Morgan fingerprint density at radius 1 is 1.32 bits per heavy atom. The first-order valence-corrected chi connectivity index (χ1v) is 7.23. The van der Waals surface area contributed by atoms with E-state index in [1.54, 1.807) is 11.8 Å². The maximum Gasteiger partial charge on any atom is 0.320 e. The number of nitrogens with zero attached hydrogens (tertiary/aromatic N) is 2. The summed E-state index contributed by atoms with van der Waals surface area (Å²) in [5.74, 6) is -0.171. The largest absolute Gasteiger partial charge is 0.481 e. The summed E-state index contributed by atoms with van der Waals surface area (Å²) in [4.78, 5) is 27.2. The fourth-order valence-corrected chi connectivity index (χ4v) is 3.15. The summed E-state index contributed by atoms with van der Waals surface area (Å²) in [5, 5.41) is 9.20. The lowest BCUT2D eigenvalue weighted by Gasteiger charge is -2.25. The van der Waals surface area contributed by atoms with Gasteiger partial charge in [0.05, 0.1) is 5.41 Å². The first-order chi connectivity index (χ1) is 8.96. The minimum absolute atomic E-state index is 0.0311. The van der Waals surface area contributed by atoms with Crippen LogP contribution >= 0.6 is 0 Å². The molecule has 5 nitrogen and oxygen atoms in total. The van der Waals surface area contributed by atoms with Crippen LogP contribution in [0.3, 0.4) is 0 Å². The van der Waals surface area contributed by atoms with E-state index in [4.69, 9.17) is 0 Å². The highest BCUT2D eigenvalue weighted by Gasteiger charge is 2.43. The molecule has 0 saturated carbocycles. The molecule has 2 aliphatic rings. The van der Waals surface area contributed by atoms with Gasteiger partial charge in [0.1, 0.15) is 0 Å². The maximum atomic E-state index is 12.4. The van der Waals surface area contributed by atoms with Crippen molar-refractivity contribution in [3.63, 3.8) is 0 Å². The van der Waals surface area contributed by atoms with E-state index in [0.29, 0.717) is 25.4 Å². The SMILES string of the molecule is CCCC1CCN(C(=O)N2CCC(C)(C(=O)O)C2)C1. The number of carbonyl (C=O) groups excluding carboxylic acids is 1. The number of aliphatic carboxylic acids is 1. The van der Waals surface area contributed by atoms with Crippen LogP contribution in [0, 0.1) is 11.3 Å². The lowest BCUT2D eigenvalue weighted by atomic mass is 9.90. The predicted molar refractivity (Wildman–Crippen MR) is 71.9 cm³/mol. The van der Waals surface area contributed by atoms with Crippen molar-refractivity contribution in [1.82, 2.24) is 9.80 Å². The van der Waals surface area contributed by atoms with Gasteiger partial charge in [-0.1, -0.05) is 13.3 Å². The number of carbonyl (C=O) groups is 2. The van der Waals surface area contributed by atoms with E-state index in [1.165, 1.54) is 6.42 Å². The Kier molecular flexibility index (Phi) is 4.02. The Hall–Kier alpha value is -1.26. The van der Waals surface area contributed by atoms with Crippen LogP contribution in [-0.2, 0) is 4.79 Å². The van der Waals surface area contributed by atoms with Crippen molar-refractivity contribution in [2.45, 2.75) is 39.5 Å². The Morgan fingerprint density at radius 2 is 2.05 bits per heavy atom. The first-order valence-electron chi connectivity index (χ1n) is 7.23. The van der Waals surface area contributed by atoms with Crippen molar-refractivity contribution >= 4 is 12.0 Å². The second kappa shape index (κ2) is 5.39.